The Morgan fingerprint density at radius 1 is 1.05 bits per heavy atom. The average molecular weight is 314 g/mol. The molecule has 114 valence electrons. The van der Waals surface area contributed by atoms with Gasteiger partial charge in [0.2, 0.25) is 0 Å². The first-order chi connectivity index (χ1) is 10.3. The van der Waals surface area contributed by atoms with Crippen LogP contribution >= 0.6 is 0 Å². The summed E-state index contributed by atoms with van der Waals surface area (Å²) in [4.78, 5) is 4.29. The second-order valence-corrected chi connectivity index (χ2v) is 7.50. The predicted octanol–water partition coefficient (Wildman–Crippen LogP) is 3.28. The molecule has 0 unspecified atom stereocenters. The number of hydrogen-bond acceptors (Lipinski definition) is 3. The van der Waals surface area contributed by atoms with Crippen molar-refractivity contribution in [1.29, 1.82) is 0 Å². The summed E-state index contributed by atoms with van der Waals surface area (Å²) < 4.78 is 27.2. The molecule has 2 rings (SSSR count). The van der Waals surface area contributed by atoms with Crippen molar-refractivity contribution in [3.8, 4) is 11.8 Å². The van der Waals surface area contributed by atoms with E-state index in [0.717, 1.165) is 0 Å². The van der Waals surface area contributed by atoms with Gasteiger partial charge < -0.3 is 0 Å². The lowest BCUT2D eigenvalue weighted by molar-refractivity contribution is 0.571. The van der Waals surface area contributed by atoms with Crippen LogP contribution in [0.1, 0.15) is 26.3 Å². The van der Waals surface area contributed by atoms with Crippen molar-refractivity contribution < 1.29 is 8.42 Å². The van der Waals surface area contributed by atoms with Crippen molar-refractivity contribution in [2.45, 2.75) is 25.7 Å². The van der Waals surface area contributed by atoms with Crippen LogP contribution in [-0.4, -0.2) is 13.4 Å². The van der Waals surface area contributed by atoms with Crippen LogP contribution in [0.4, 0.5) is 5.82 Å². The van der Waals surface area contributed by atoms with Gasteiger partial charge in [-0.05, 0) is 45.0 Å². The highest BCUT2D eigenvalue weighted by Crippen LogP contribution is 2.18. The van der Waals surface area contributed by atoms with Gasteiger partial charge in [0.15, 0.2) is 5.82 Å². The predicted molar refractivity (Wildman–Crippen MR) is 87.8 cm³/mol. The van der Waals surface area contributed by atoms with E-state index in [1.807, 2.05) is 20.8 Å². The van der Waals surface area contributed by atoms with Gasteiger partial charge >= 0.3 is 0 Å². The molecule has 2 aromatic rings. The lowest BCUT2D eigenvalue weighted by Crippen LogP contribution is -2.14. The summed E-state index contributed by atoms with van der Waals surface area (Å²) in [5.74, 6) is 6.31. The number of nitrogens with one attached hydrogen (secondary N) is 1. The fraction of sp³-hybridized carbons (Fsp3) is 0.235. The van der Waals surface area contributed by atoms with Crippen molar-refractivity contribution in [1.82, 2.24) is 4.98 Å². The molecule has 0 bridgehead atoms. The highest BCUT2D eigenvalue weighted by atomic mass is 32.2. The number of rotatable bonds is 3. The summed E-state index contributed by atoms with van der Waals surface area (Å²) >= 11 is 0. The maximum atomic E-state index is 12.4. The van der Waals surface area contributed by atoms with Gasteiger partial charge in [0.05, 0.1) is 10.5 Å². The van der Waals surface area contributed by atoms with Crippen molar-refractivity contribution in [2.24, 2.45) is 5.41 Å². The number of hydrogen-bond donors (Lipinski definition) is 1. The monoisotopic (exact) mass is 314 g/mol. The molecule has 0 aliphatic carbocycles. The zero-order chi connectivity index (χ0) is 16.2. The second kappa shape index (κ2) is 6.20. The van der Waals surface area contributed by atoms with E-state index in [0.29, 0.717) is 5.56 Å². The highest BCUT2D eigenvalue weighted by molar-refractivity contribution is 7.92. The first-order valence-corrected chi connectivity index (χ1v) is 8.32. The van der Waals surface area contributed by atoms with Gasteiger partial charge in [-0.2, -0.15) is 0 Å². The minimum Gasteiger partial charge on any atom is -0.262 e. The summed E-state index contributed by atoms with van der Waals surface area (Å²) in [7, 11) is -3.67. The third-order valence-electron chi connectivity index (χ3n) is 2.66. The Labute approximate surface area is 131 Å². The molecule has 1 N–H and O–H groups in total. The Morgan fingerprint density at radius 2 is 1.73 bits per heavy atom. The minimum absolute atomic E-state index is 0.175. The van der Waals surface area contributed by atoms with Gasteiger partial charge in [-0.3, -0.25) is 4.72 Å². The first kappa shape index (κ1) is 16.1. The Morgan fingerprint density at radius 3 is 2.36 bits per heavy atom. The topological polar surface area (TPSA) is 59.1 Å². The maximum absolute atomic E-state index is 12.4. The fourth-order valence-corrected chi connectivity index (χ4v) is 2.68. The molecule has 1 aromatic carbocycles. The van der Waals surface area contributed by atoms with E-state index in [2.05, 4.69) is 21.5 Å². The molecule has 0 aliphatic heterocycles. The molecule has 4 nitrogen and oxygen atoms in total. The Kier molecular flexibility index (Phi) is 4.53. The highest BCUT2D eigenvalue weighted by Gasteiger charge is 2.16. The van der Waals surface area contributed by atoms with Gasteiger partial charge in [-0.1, -0.05) is 30.0 Å². The van der Waals surface area contributed by atoms with Crippen LogP contribution in [-0.2, 0) is 10.0 Å². The summed E-state index contributed by atoms with van der Waals surface area (Å²) in [5.41, 5.74) is 0.378. The van der Waals surface area contributed by atoms with Crippen LogP contribution < -0.4 is 4.72 Å². The quantitative estimate of drug-likeness (QED) is 0.885. The largest absolute Gasteiger partial charge is 0.263 e. The molecule has 0 saturated heterocycles. The van der Waals surface area contributed by atoms with Crippen LogP contribution in [0.25, 0.3) is 0 Å². The molecule has 0 amide bonds. The number of sulfonamides is 1. The van der Waals surface area contributed by atoms with Crippen LogP contribution in [0.5, 0.6) is 0 Å². The van der Waals surface area contributed by atoms with E-state index in [9.17, 15) is 8.42 Å². The molecule has 0 radical (unpaired) electrons. The smallest absolute Gasteiger partial charge is 0.262 e. The zero-order valence-electron chi connectivity index (χ0n) is 12.8. The number of anilines is 1. The zero-order valence-corrected chi connectivity index (χ0v) is 13.6. The molecular formula is C17H18N2O2S. The van der Waals surface area contributed by atoms with Crippen LogP contribution in [0.3, 0.4) is 0 Å². The van der Waals surface area contributed by atoms with Crippen LogP contribution in [0.2, 0.25) is 0 Å². The molecular weight excluding hydrogens is 296 g/mol. The molecule has 0 spiro atoms. The molecule has 0 atom stereocenters. The molecule has 5 heteroatoms. The molecule has 0 aliphatic rings. The summed E-state index contributed by atoms with van der Waals surface area (Å²) in [6.45, 7) is 5.97. The maximum Gasteiger partial charge on any atom is 0.263 e. The SMILES string of the molecule is CC(C)(C)C#Cc1cccnc1NS(=O)(=O)c1ccccc1. The molecule has 1 aromatic heterocycles. The minimum atomic E-state index is -3.67. The molecule has 22 heavy (non-hydrogen) atoms. The van der Waals surface area contributed by atoms with Crippen LogP contribution in [0, 0.1) is 17.3 Å². The normalized spacial score (nSPS) is 11.4. The van der Waals surface area contributed by atoms with Crippen molar-refractivity contribution in [3.05, 3.63) is 54.2 Å². The van der Waals surface area contributed by atoms with E-state index in [-0.39, 0.29) is 16.1 Å². The molecule has 0 saturated carbocycles. The lowest BCUT2D eigenvalue weighted by Gasteiger charge is -2.10. The van der Waals surface area contributed by atoms with E-state index in [1.165, 1.54) is 18.3 Å². The summed E-state index contributed by atoms with van der Waals surface area (Å²) in [5, 5.41) is 0. The third-order valence-corrected chi connectivity index (χ3v) is 4.02. The van der Waals surface area contributed by atoms with Crippen molar-refractivity contribution in [2.75, 3.05) is 4.72 Å². The molecule has 0 fully saturated rings. The van der Waals surface area contributed by atoms with E-state index in [4.69, 9.17) is 0 Å². The number of aromatic nitrogens is 1. The second-order valence-electron chi connectivity index (χ2n) is 5.82. The van der Waals surface area contributed by atoms with Gasteiger partial charge in [0, 0.05) is 11.6 Å². The lowest BCUT2D eigenvalue weighted by atomic mass is 9.97. The Hall–Kier alpha value is -2.32. The van der Waals surface area contributed by atoms with Crippen molar-refractivity contribution >= 4 is 15.8 Å². The fourth-order valence-electron chi connectivity index (χ4n) is 1.63. The van der Waals surface area contributed by atoms with Gasteiger partial charge in [0.25, 0.3) is 10.0 Å². The van der Waals surface area contributed by atoms with E-state index in [1.54, 1.807) is 30.3 Å². The molecule has 1 heterocycles. The van der Waals surface area contributed by atoms with Gasteiger partial charge in [-0.25, -0.2) is 13.4 Å². The van der Waals surface area contributed by atoms with E-state index >= 15 is 0 Å². The Bertz CT molecular complexity index is 811. The standard InChI is InChI=1S/C17H18N2O2S/c1-17(2,3)12-11-14-8-7-13-18-16(14)19-22(20,21)15-9-5-4-6-10-15/h4-10,13H,1-3H3,(H,18,19). The Balaban J connectivity index is 2.37. The first-order valence-electron chi connectivity index (χ1n) is 6.84. The average Bonchev–Trinajstić information content (AvgIpc) is 2.46. The van der Waals surface area contributed by atoms with Gasteiger partial charge in [-0.15, -0.1) is 0 Å². The van der Waals surface area contributed by atoms with E-state index < -0.39 is 10.0 Å². The van der Waals surface area contributed by atoms with Crippen molar-refractivity contribution in [3.63, 3.8) is 0 Å². The number of nitrogens with zero attached hydrogens (tertiary/aromatic N) is 1. The third kappa shape index (κ3) is 4.34. The number of pyridine rings is 1. The number of benzene rings is 1. The van der Waals surface area contributed by atoms with Gasteiger partial charge in [0.1, 0.15) is 0 Å². The summed E-state index contributed by atoms with van der Waals surface area (Å²) in [6, 6.07) is 11.7. The van der Waals surface area contributed by atoms with Crippen LogP contribution in [0.15, 0.2) is 53.6 Å². The summed E-state index contributed by atoms with van der Waals surface area (Å²) in [6.07, 6.45) is 1.53.